The summed E-state index contributed by atoms with van der Waals surface area (Å²) in [6, 6.07) is 24.4. The first kappa shape index (κ1) is 20.1. The van der Waals surface area contributed by atoms with E-state index in [2.05, 4.69) is 22.1 Å². The zero-order chi connectivity index (χ0) is 20.8. The minimum atomic E-state index is -0.362. The van der Waals surface area contributed by atoms with E-state index in [1.165, 1.54) is 19.3 Å². The lowest BCUT2D eigenvalue weighted by Gasteiger charge is -2.36. The number of nitrogens with one attached hydrogen (secondary N) is 1. The molecule has 0 aliphatic carbocycles. The van der Waals surface area contributed by atoms with Gasteiger partial charge in [-0.2, -0.15) is 0 Å². The topological polar surface area (TPSA) is 45.2 Å². The van der Waals surface area contributed by atoms with Crippen molar-refractivity contribution < 1.29 is 4.79 Å². The fraction of sp³-hybridized carbons (Fsp3) is 0.308. The Balaban J connectivity index is 1.53. The summed E-state index contributed by atoms with van der Waals surface area (Å²) in [7, 11) is 0. The summed E-state index contributed by atoms with van der Waals surface area (Å²) >= 11 is 0. The minimum Gasteiger partial charge on any atom is -0.354 e. The summed E-state index contributed by atoms with van der Waals surface area (Å²) in [5.74, 6) is 0.590. The van der Waals surface area contributed by atoms with Crippen LogP contribution in [-0.2, 0) is 4.79 Å². The molecule has 1 saturated heterocycles. The highest BCUT2D eigenvalue weighted by Crippen LogP contribution is 2.28. The number of amides is 1. The molecule has 0 bridgehead atoms. The van der Waals surface area contributed by atoms with Crippen molar-refractivity contribution in [3.63, 3.8) is 0 Å². The monoisotopic (exact) mass is 399 g/mol. The van der Waals surface area contributed by atoms with E-state index in [4.69, 9.17) is 0 Å². The predicted octanol–water partition coefficient (Wildman–Crippen LogP) is 5.62. The predicted molar refractivity (Wildman–Crippen MR) is 123 cm³/mol. The number of nitrogens with zero attached hydrogens (tertiary/aromatic N) is 2. The molecular formula is C26H29N3O. The van der Waals surface area contributed by atoms with E-state index >= 15 is 0 Å². The van der Waals surface area contributed by atoms with Crippen LogP contribution in [0.1, 0.15) is 49.7 Å². The second-order valence-electron chi connectivity index (χ2n) is 7.90. The van der Waals surface area contributed by atoms with E-state index in [1.54, 1.807) is 6.20 Å². The van der Waals surface area contributed by atoms with Crippen molar-refractivity contribution in [2.75, 3.05) is 16.8 Å². The standard InChI is InChI=1S/C26H29N3O/c1-2-23-15-9-10-18-29(23)24-17-16-22(19-27-24)28-26(30)25(20-11-5-3-6-12-20)21-13-7-4-8-14-21/h3-8,11-14,16-17,19,23,25H,2,9-10,15,18H2,1H3,(H,28,30). The maximum atomic E-state index is 13.2. The van der Waals surface area contributed by atoms with Crippen molar-refractivity contribution >= 4 is 17.4 Å². The number of hydrogen-bond donors (Lipinski definition) is 1. The fourth-order valence-electron chi connectivity index (χ4n) is 4.36. The van der Waals surface area contributed by atoms with Crippen molar-refractivity contribution in [2.45, 2.75) is 44.6 Å². The summed E-state index contributed by atoms with van der Waals surface area (Å²) in [6.07, 6.45) is 6.65. The van der Waals surface area contributed by atoms with Crippen molar-refractivity contribution in [1.82, 2.24) is 4.98 Å². The van der Waals surface area contributed by atoms with Gasteiger partial charge in [-0.1, -0.05) is 67.6 Å². The van der Waals surface area contributed by atoms with E-state index < -0.39 is 0 Å². The van der Waals surface area contributed by atoms with Gasteiger partial charge in [0, 0.05) is 12.6 Å². The van der Waals surface area contributed by atoms with Gasteiger partial charge in [-0.15, -0.1) is 0 Å². The highest BCUT2D eigenvalue weighted by atomic mass is 16.1. The van der Waals surface area contributed by atoms with Crippen LogP contribution in [0.15, 0.2) is 79.0 Å². The molecule has 0 saturated carbocycles. The number of aromatic nitrogens is 1. The number of anilines is 2. The fourth-order valence-corrected chi connectivity index (χ4v) is 4.36. The number of carbonyl (C=O) groups is 1. The maximum Gasteiger partial charge on any atom is 0.236 e. The Morgan fingerprint density at radius 3 is 2.23 bits per heavy atom. The van der Waals surface area contributed by atoms with Crippen LogP contribution >= 0.6 is 0 Å². The van der Waals surface area contributed by atoms with E-state index in [0.29, 0.717) is 6.04 Å². The number of benzene rings is 2. The van der Waals surface area contributed by atoms with Gasteiger partial charge in [-0.3, -0.25) is 4.79 Å². The molecule has 1 fully saturated rings. The Bertz CT molecular complexity index is 902. The Hall–Kier alpha value is -3.14. The van der Waals surface area contributed by atoms with Gasteiger partial charge in [0.1, 0.15) is 5.82 Å². The van der Waals surface area contributed by atoms with Crippen molar-refractivity contribution in [2.24, 2.45) is 0 Å². The Morgan fingerprint density at radius 1 is 1.00 bits per heavy atom. The molecule has 1 aliphatic rings. The quantitative estimate of drug-likeness (QED) is 0.585. The molecule has 2 aromatic carbocycles. The second-order valence-corrected chi connectivity index (χ2v) is 7.90. The molecule has 0 radical (unpaired) electrons. The van der Waals surface area contributed by atoms with Gasteiger partial charge in [-0.05, 0) is 48.9 Å². The molecule has 1 unspecified atom stereocenters. The third kappa shape index (κ3) is 4.54. The van der Waals surface area contributed by atoms with Crippen LogP contribution in [0.4, 0.5) is 11.5 Å². The average Bonchev–Trinajstić information content (AvgIpc) is 2.81. The molecule has 1 aromatic heterocycles. The Labute approximate surface area is 179 Å². The molecular weight excluding hydrogens is 370 g/mol. The van der Waals surface area contributed by atoms with Crippen LogP contribution < -0.4 is 10.2 Å². The molecule has 0 spiro atoms. The highest BCUT2D eigenvalue weighted by molar-refractivity contribution is 5.98. The van der Waals surface area contributed by atoms with Crippen LogP contribution in [0, 0.1) is 0 Å². The third-order valence-corrected chi connectivity index (χ3v) is 5.94. The molecule has 4 nitrogen and oxygen atoms in total. The van der Waals surface area contributed by atoms with E-state index in [0.717, 1.165) is 35.6 Å². The van der Waals surface area contributed by atoms with Crippen LogP contribution in [-0.4, -0.2) is 23.5 Å². The molecule has 2 heterocycles. The lowest BCUT2D eigenvalue weighted by molar-refractivity contribution is -0.116. The highest BCUT2D eigenvalue weighted by Gasteiger charge is 2.24. The number of hydrogen-bond acceptors (Lipinski definition) is 3. The van der Waals surface area contributed by atoms with Crippen LogP contribution in [0.5, 0.6) is 0 Å². The van der Waals surface area contributed by atoms with Crippen molar-refractivity contribution in [1.29, 1.82) is 0 Å². The Morgan fingerprint density at radius 2 is 1.67 bits per heavy atom. The molecule has 1 aliphatic heterocycles. The van der Waals surface area contributed by atoms with E-state index in [1.807, 2.05) is 72.8 Å². The molecule has 3 aromatic rings. The van der Waals surface area contributed by atoms with Crippen molar-refractivity contribution in [3.8, 4) is 0 Å². The first-order chi connectivity index (χ1) is 14.8. The van der Waals surface area contributed by atoms with E-state index in [-0.39, 0.29) is 11.8 Å². The van der Waals surface area contributed by atoms with Crippen molar-refractivity contribution in [3.05, 3.63) is 90.1 Å². The lowest BCUT2D eigenvalue weighted by atomic mass is 9.90. The molecule has 1 N–H and O–H groups in total. The smallest absolute Gasteiger partial charge is 0.236 e. The van der Waals surface area contributed by atoms with Crippen LogP contribution in [0.3, 0.4) is 0 Å². The lowest BCUT2D eigenvalue weighted by Crippen LogP contribution is -2.39. The SMILES string of the molecule is CCC1CCCCN1c1ccc(NC(=O)C(c2ccccc2)c2ccccc2)cn1. The molecule has 1 amide bonds. The number of pyridine rings is 1. The first-order valence-corrected chi connectivity index (χ1v) is 10.9. The summed E-state index contributed by atoms with van der Waals surface area (Å²) in [4.78, 5) is 20.3. The van der Waals surface area contributed by atoms with Gasteiger partial charge in [0.05, 0.1) is 17.8 Å². The van der Waals surface area contributed by atoms with Gasteiger partial charge in [-0.25, -0.2) is 4.98 Å². The Kier molecular flexibility index (Phi) is 6.43. The van der Waals surface area contributed by atoms with E-state index in [9.17, 15) is 4.79 Å². The van der Waals surface area contributed by atoms with Gasteiger partial charge in [0.15, 0.2) is 0 Å². The molecule has 1 atom stereocenters. The zero-order valence-corrected chi connectivity index (χ0v) is 17.5. The van der Waals surface area contributed by atoms with Crippen LogP contribution in [0.2, 0.25) is 0 Å². The molecule has 4 rings (SSSR count). The van der Waals surface area contributed by atoms with Gasteiger partial charge in [0.2, 0.25) is 5.91 Å². The van der Waals surface area contributed by atoms with Crippen LogP contribution in [0.25, 0.3) is 0 Å². The van der Waals surface area contributed by atoms with Gasteiger partial charge < -0.3 is 10.2 Å². The molecule has 30 heavy (non-hydrogen) atoms. The molecule has 4 heteroatoms. The maximum absolute atomic E-state index is 13.2. The zero-order valence-electron chi connectivity index (χ0n) is 17.5. The average molecular weight is 400 g/mol. The number of carbonyl (C=O) groups excluding carboxylic acids is 1. The van der Waals surface area contributed by atoms with Gasteiger partial charge in [0.25, 0.3) is 0 Å². The largest absolute Gasteiger partial charge is 0.354 e. The summed E-state index contributed by atoms with van der Waals surface area (Å²) < 4.78 is 0. The summed E-state index contributed by atoms with van der Waals surface area (Å²) in [5.41, 5.74) is 2.68. The minimum absolute atomic E-state index is 0.0497. The third-order valence-electron chi connectivity index (χ3n) is 5.94. The van der Waals surface area contributed by atoms with Gasteiger partial charge >= 0.3 is 0 Å². The normalized spacial score (nSPS) is 16.5. The second kappa shape index (κ2) is 9.57. The number of piperidine rings is 1. The summed E-state index contributed by atoms with van der Waals surface area (Å²) in [5, 5.41) is 3.07. The summed E-state index contributed by atoms with van der Waals surface area (Å²) in [6.45, 7) is 3.30. The number of rotatable bonds is 6. The molecule has 154 valence electrons. The first-order valence-electron chi connectivity index (χ1n) is 10.9.